The number of methoxy groups -OCH3 is 1. The van der Waals surface area contributed by atoms with E-state index in [1.54, 1.807) is 24.3 Å². The number of fused-ring (bicyclic) bond motifs is 1. The second-order valence-electron chi connectivity index (χ2n) is 3.85. The summed E-state index contributed by atoms with van der Waals surface area (Å²) in [4.78, 5) is 22.8. The van der Waals surface area contributed by atoms with Crippen LogP contribution in [-0.4, -0.2) is 24.0 Å². The topological polar surface area (TPSA) is 63.6 Å². The highest BCUT2D eigenvalue weighted by Gasteiger charge is 2.19. The number of carbonyl (C=O) groups is 2. The summed E-state index contributed by atoms with van der Waals surface area (Å²) < 4.78 is 5.05. The lowest BCUT2D eigenvalue weighted by atomic mass is 10.0. The van der Waals surface area contributed by atoms with Gasteiger partial charge < -0.3 is 9.84 Å². The van der Waals surface area contributed by atoms with E-state index in [0.717, 1.165) is 0 Å². The van der Waals surface area contributed by atoms with Gasteiger partial charge in [0, 0.05) is 17.6 Å². The van der Waals surface area contributed by atoms with Crippen molar-refractivity contribution in [3.05, 3.63) is 34.9 Å². The molecule has 0 amide bonds. The van der Waals surface area contributed by atoms with E-state index in [2.05, 4.69) is 0 Å². The quantitative estimate of drug-likeness (QED) is 0.848. The van der Waals surface area contributed by atoms with E-state index in [-0.39, 0.29) is 24.2 Å². The third-order valence-electron chi connectivity index (χ3n) is 2.79. The molecule has 0 saturated carbocycles. The van der Waals surface area contributed by atoms with Crippen LogP contribution < -0.4 is 4.74 Å². The van der Waals surface area contributed by atoms with Crippen molar-refractivity contribution in [1.29, 1.82) is 0 Å². The summed E-state index contributed by atoms with van der Waals surface area (Å²) in [5.41, 5.74) is 1.44. The van der Waals surface area contributed by atoms with E-state index >= 15 is 0 Å². The van der Waals surface area contributed by atoms with Gasteiger partial charge in [0.25, 0.3) is 0 Å². The summed E-state index contributed by atoms with van der Waals surface area (Å²) in [7, 11) is 1.53. The molecule has 0 aromatic heterocycles. The maximum Gasteiger partial charge on any atom is 0.331 e. The van der Waals surface area contributed by atoms with Gasteiger partial charge in [-0.15, -0.1) is 0 Å². The molecule has 0 heterocycles. The summed E-state index contributed by atoms with van der Waals surface area (Å²) in [5.74, 6) is -0.419. The fourth-order valence-electron chi connectivity index (χ4n) is 1.84. The van der Waals surface area contributed by atoms with Crippen molar-refractivity contribution in [3.63, 3.8) is 0 Å². The zero-order valence-electron chi connectivity index (χ0n) is 9.40. The van der Waals surface area contributed by atoms with E-state index in [4.69, 9.17) is 9.84 Å². The number of Topliss-reactive ketones (excluding diaryl/α,β-unsaturated/α-hetero) is 1. The molecule has 1 N–H and O–H groups in total. The van der Waals surface area contributed by atoms with Crippen LogP contribution in [0.1, 0.15) is 28.8 Å². The maximum absolute atomic E-state index is 11.9. The van der Waals surface area contributed by atoms with Crippen LogP contribution in [0.15, 0.2) is 23.8 Å². The van der Waals surface area contributed by atoms with E-state index in [1.807, 2.05) is 0 Å². The second-order valence-corrected chi connectivity index (χ2v) is 3.85. The van der Waals surface area contributed by atoms with Crippen LogP contribution in [0.2, 0.25) is 0 Å². The lowest BCUT2D eigenvalue weighted by molar-refractivity contribution is -0.132. The van der Waals surface area contributed by atoms with Gasteiger partial charge in [-0.3, -0.25) is 4.79 Å². The minimum absolute atomic E-state index is 0.0496. The van der Waals surface area contributed by atoms with Gasteiger partial charge in [-0.05, 0) is 30.2 Å². The van der Waals surface area contributed by atoms with Crippen molar-refractivity contribution in [2.45, 2.75) is 12.8 Å². The van der Waals surface area contributed by atoms with Gasteiger partial charge >= 0.3 is 5.97 Å². The molecule has 0 saturated heterocycles. The van der Waals surface area contributed by atoms with Crippen LogP contribution in [0.25, 0.3) is 6.08 Å². The summed E-state index contributed by atoms with van der Waals surface area (Å²) >= 11 is 0. The number of carboxylic acid groups (broad SMARTS) is 1. The number of hydrogen-bond acceptors (Lipinski definition) is 3. The first-order valence-corrected chi connectivity index (χ1v) is 5.27. The zero-order valence-corrected chi connectivity index (χ0v) is 9.40. The van der Waals surface area contributed by atoms with Gasteiger partial charge in [0.2, 0.25) is 0 Å². The molecule has 1 aromatic carbocycles. The molecular weight excluding hydrogens is 220 g/mol. The van der Waals surface area contributed by atoms with E-state index < -0.39 is 5.97 Å². The van der Waals surface area contributed by atoms with Gasteiger partial charge in [0.05, 0.1) is 7.11 Å². The fourth-order valence-corrected chi connectivity index (χ4v) is 1.84. The summed E-state index contributed by atoms with van der Waals surface area (Å²) in [6.07, 6.45) is 2.05. The molecule has 0 fully saturated rings. The van der Waals surface area contributed by atoms with Crippen molar-refractivity contribution >= 4 is 17.8 Å². The number of ether oxygens (including phenoxy) is 1. The van der Waals surface area contributed by atoms with Crippen molar-refractivity contribution < 1.29 is 19.4 Å². The lowest BCUT2D eigenvalue weighted by Crippen LogP contribution is -2.02. The third kappa shape index (κ3) is 2.20. The largest absolute Gasteiger partial charge is 0.497 e. The smallest absolute Gasteiger partial charge is 0.331 e. The number of hydrogen-bond donors (Lipinski definition) is 1. The van der Waals surface area contributed by atoms with Crippen LogP contribution in [0.4, 0.5) is 0 Å². The number of benzene rings is 1. The Labute approximate surface area is 98.5 Å². The highest BCUT2D eigenvalue weighted by molar-refractivity contribution is 6.04. The minimum atomic E-state index is -0.971. The lowest BCUT2D eigenvalue weighted by Gasteiger charge is -2.05. The summed E-state index contributed by atoms with van der Waals surface area (Å²) in [5, 5.41) is 8.97. The zero-order chi connectivity index (χ0) is 12.4. The molecule has 2 rings (SSSR count). The van der Waals surface area contributed by atoms with E-state index in [9.17, 15) is 9.59 Å². The predicted octanol–water partition coefficient (Wildman–Crippen LogP) is 2.14. The Hall–Kier alpha value is -2.10. The Morgan fingerprint density at radius 3 is 2.76 bits per heavy atom. The fraction of sp³-hybridized carbons (Fsp3) is 0.231. The van der Waals surface area contributed by atoms with Crippen molar-refractivity contribution in [2.24, 2.45) is 0 Å². The molecule has 4 nitrogen and oxygen atoms in total. The van der Waals surface area contributed by atoms with Gasteiger partial charge in [-0.2, -0.15) is 0 Å². The average molecular weight is 232 g/mol. The standard InChI is InChI=1S/C13H12O4/c1-17-10-4-2-8-6-9(13(15)16)3-5-12(14)11(8)7-10/h2,4,6-7H,3,5H2,1H3,(H,15,16). The van der Waals surface area contributed by atoms with Crippen LogP contribution in [0, 0.1) is 0 Å². The SMILES string of the molecule is COc1ccc2c(c1)C(=O)CCC(C(=O)O)=C2. The van der Waals surface area contributed by atoms with Crippen LogP contribution >= 0.6 is 0 Å². The molecule has 4 heteroatoms. The predicted molar refractivity (Wildman–Crippen MR) is 62.2 cm³/mol. The number of ketones is 1. The van der Waals surface area contributed by atoms with Gasteiger partial charge in [0.15, 0.2) is 5.78 Å². The molecular formula is C13H12O4. The molecule has 1 aliphatic rings. The normalized spacial score (nSPS) is 14.6. The molecule has 0 bridgehead atoms. The Morgan fingerprint density at radius 1 is 1.35 bits per heavy atom. The number of aliphatic carboxylic acids is 1. The number of carbonyl (C=O) groups excluding carboxylic acids is 1. The van der Waals surface area contributed by atoms with E-state index in [1.165, 1.54) is 7.11 Å². The van der Waals surface area contributed by atoms with Crippen molar-refractivity contribution in [1.82, 2.24) is 0 Å². The van der Waals surface area contributed by atoms with Gasteiger partial charge in [-0.1, -0.05) is 6.07 Å². The molecule has 1 aliphatic carbocycles. The van der Waals surface area contributed by atoms with E-state index in [0.29, 0.717) is 16.9 Å². The molecule has 0 aliphatic heterocycles. The maximum atomic E-state index is 11.9. The molecule has 0 spiro atoms. The monoisotopic (exact) mass is 232 g/mol. The molecule has 88 valence electrons. The van der Waals surface area contributed by atoms with Crippen LogP contribution in [0.3, 0.4) is 0 Å². The molecule has 0 radical (unpaired) electrons. The Bertz CT molecular complexity index is 514. The molecule has 0 atom stereocenters. The Morgan fingerprint density at radius 2 is 2.12 bits per heavy atom. The number of rotatable bonds is 2. The highest BCUT2D eigenvalue weighted by Crippen LogP contribution is 2.26. The van der Waals surface area contributed by atoms with Crippen LogP contribution in [-0.2, 0) is 4.79 Å². The summed E-state index contributed by atoms with van der Waals surface area (Å²) in [6.45, 7) is 0. The summed E-state index contributed by atoms with van der Waals surface area (Å²) in [6, 6.07) is 5.08. The number of carboxylic acids is 1. The van der Waals surface area contributed by atoms with Gasteiger partial charge in [0.1, 0.15) is 5.75 Å². The van der Waals surface area contributed by atoms with Crippen molar-refractivity contribution in [2.75, 3.05) is 7.11 Å². The Balaban J connectivity index is 2.53. The minimum Gasteiger partial charge on any atom is -0.497 e. The molecule has 1 aromatic rings. The second kappa shape index (κ2) is 4.41. The molecule has 17 heavy (non-hydrogen) atoms. The first-order valence-electron chi connectivity index (χ1n) is 5.27. The Kier molecular flexibility index (Phi) is 2.95. The van der Waals surface area contributed by atoms with Crippen molar-refractivity contribution in [3.8, 4) is 5.75 Å². The average Bonchev–Trinajstić information content (AvgIpc) is 2.49. The molecule has 0 unspecified atom stereocenters. The van der Waals surface area contributed by atoms with Crippen LogP contribution in [0.5, 0.6) is 5.75 Å². The van der Waals surface area contributed by atoms with Gasteiger partial charge in [-0.25, -0.2) is 4.79 Å². The first kappa shape index (κ1) is 11.4. The highest BCUT2D eigenvalue weighted by atomic mass is 16.5. The third-order valence-corrected chi connectivity index (χ3v) is 2.79. The first-order chi connectivity index (χ1) is 8.11.